The van der Waals surface area contributed by atoms with Crippen molar-refractivity contribution in [1.82, 2.24) is 5.32 Å². The third-order valence-corrected chi connectivity index (χ3v) is 3.49. The van der Waals surface area contributed by atoms with Crippen molar-refractivity contribution in [3.05, 3.63) is 68.7 Å². The summed E-state index contributed by atoms with van der Waals surface area (Å²) in [6, 6.07) is 11.4. The molecule has 0 radical (unpaired) electrons. The summed E-state index contributed by atoms with van der Waals surface area (Å²) in [5.41, 5.74) is 1.59. The van der Waals surface area contributed by atoms with Crippen LogP contribution in [-0.2, 0) is 6.54 Å². The van der Waals surface area contributed by atoms with Gasteiger partial charge in [0.1, 0.15) is 0 Å². The molecule has 1 N–H and O–H groups in total. The first-order chi connectivity index (χ1) is 10.9. The number of rotatable bonds is 5. The second-order valence-corrected chi connectivity index (χ2v) is 5.60. The van der Waals surface area contributed by atoms with E-state index in [1.54, 1.807) is 43.3 Å². The van der Waals surface area contributed by atoms with Gasteiger partial charge in [-0.2, -0.15) is 0 Å². The maximum Gasteiger partial charge on any atom is 0.270 e. The highest BCUT2D eigenvalue weighted by atomic mass is 35.5. The number of halogens is 1. The molecular weight excluding hydrogens is 318 g/mol. The Morgan fingerprint density at radius 2 is 2.00 bits per heavy atom. The Kier molecular flexibility index (Phi) is 5.18. The van der Waals surface area contributed by atoms with Gasteiger partial charge >= 0.3 is 0 Å². The maximum absolute atomic E-state index is 12.4. The molecule has 0 spiro atoms. The number of carbonyl (C=O) groups excluding carboxylic acids is 1. The number of nitrogens with one attached hydrogen (secondary N) is 1. The lowest BCUT2D eigenvalue weighted by atomic mass is 10.1. The van der Waals surface area contributed by atoms with Crippen molar-refractivity contribution in [2.75, 3.05) is 19.0 Å². The number of amides is 1. The van der Waals surface area contributed by atoms with Crippen LogP contribution in [0.4, 0.5) is 11.4 Å². The first kappa shape index (κ1) is 16.8. The number of carbonyl (C=O) groups is 1. The molecule has 0 aromatic heterocycles. The molecule has 0 fully saturated rings. The van der Waals surface area contributed by atoms with Crippen LogP contribution in [0, 0.1) is 10.1 Å². The molecule has 2 aromatic rings. The van der Waals surface area contributed by atoms with Gasteiger partial charge < -0.3 is 10.2 Å². The first-order valence-corrected chi connectivity index (χ1v) is 7.24. The van der Waals surface area contributed by atoms with Gasteiger partial charge in [0.25, 0.3) is 11.6 Å². The summed E-state index contributed by atoms with van der Waals surface area (Å²) in [4.78, 5) is 24.5. The predicted octanol–water partition coefficient (Wildman–Crippen LogP) is 3.24. The standard InChI is InChI=1S/C16H16ClN3O3/c1-19(2)15-7-6-13(20(22)23)9-14(15)16(21)18-10-11-4-3-5-12(17)8-11/h3-9H,10H2,1-2H3,(H,18,21). The van der Waals surface area contributed by atoms with E-state index in [1.165, 1.54) is 12.1 Å². The largest absolute Gasteiger partial charge is 0.377 e. The Hall–Kier alpha value is -2.60. The minimum Gasteiger partial charge on any atom is -0.377 e. The van der Waals surface area contributed by atoms with E-state index in [-0.39, 0.29) is 23.7 Å². The van der Waals surface area contributed by atoms with Gasteiger partial charge in [0.2, 0.25) is 0 Å². The van der Waals surface area contributed by atoms with Crippen LogP contribution in [0.15, 0.2) is 42.5 Å². The zero-order chi connectivity index (χ0) is 17.0. The Bertz CT molecular complexity index is 747. The zero-order valence-corrected chi connectivity index (χ0v) is 13.5. The second kappa shape index (κ2) is 7.11. The lowest BCUT2D eigenvalue weighted by Crippen LogP contribution is -2.25. The van der Waals surface area contributed by atoms with Gasteiger partial charge in [-0.1, -0.05) is 23.7 Å². The normalized spacial score (nSPS) is 10.2. The average molecular weight is 334 g/mol. The van der Waals surface area contributed by atoms with Gasteiger partial charge in [-0.25, -0.2) is 0 Å². The maximum atomic E-state index is 12.4. The van der Waals surface area contributed by atoms with E-state index in [4.69, 9.17) is 11.6 Å². The fourth-order valence-electron chi connectivity index (χ4n) is 2.13. The SMILES string of the molecule is CN(C)c1ccc([N+](=O)[O-])cc1C(=O)NCc1cccc(Cl)c1. The van der Waals surface area contributed by atoms with E-state index in [0.717, 1.165) is 5.56 Å². The van der Waals surface area contributed by atoms with Crippen molar-refractivity contribution >= 4 is 28.9 Å². The van der Waals surface area contributed by atoms with Crippen LogP contribution < -0.4 is 10.2 Å². The topological polar surface area (TPSA) is 75.5 Å². The summed E-state index contributed by atoms with van der Waals surface area (Å²) < 4.78 is 0. The number of anilines is 1. The van der Waals surface area contributed by atoms with E-state index < -0.39 is 4.92 Å². The minimum absolute atomic E-state index is 0.122. The third kappa shape index (κ3) is 4.20. The number of nitro benzene ring substituents is 1. The lowest BCUT2D eigenvalue weighted by molar-refractivity contribution is -0.384. The molecule has 0 bridgehead atoms. The van der Waals surface area contributed by atoms with Crippen molar-refractivity contribution in [1.29, 1.82) is 0 Å². The van der Waals surface area contributed by atoms with Crippen molar-refractivity contribution in [2.24, 2.45) is 0 Å². The Balaban J connectivity index is 2.23. The molecule has 23 heavy (non-hydrogen) atoms. The van der Waals surface area contributed by atoms with Crippen molar-refractivity contribution in [3.63, 3.8) is 0 Å². The van der Waals surface area contributed by atoms with Crippen LogP contribution in [-0.4, -0.2) is 24.9 Å². The quantitative estimate of drug-likeness (QED) is 0.673. The van der Waals surface area contributed by atoms with E-state index in [9.17, 15) is 14.9 Å². The molecule has 0 aliphatic heterocycles. The molecule has 7 heteroatoms. The first-order valence-electron chi connectivity index (χ1n) is 6.87. The third-order valence-electron chi connectivity index (χ3n) is 3.26. The molecule has 120 valence electrons. The summed E-state index contributed by atoms with van der Waals surface area (Å²) in [5, 5.41) is 14.3. The highest BCUT2D eigenvalue weighted by Crippen LogP contribution is 2.24. The average Bonchev–Trinajstić information content (AvgIpc) is 2.52. The summed E-state index contributed by atoms with van der Waals surface area (Å²) in [6.07, 6.45) is 0. The molecule has 0 aliphatic rings. The van der Waals surface area contributed by atoms with Crippen molar-refractivity contribution in [3.8, 4) is 0 Å². The van der Waals surface area contributed by atoms with E-state index >= 15 is 0 Å². The Morgan fingerprint density at radius 3 is 2.61 bits per heavy atom. The number of benzene rings is 2. The Morgan fingerprint density at radius 1 is 1.26 bits per heavy atom. The molecule has 0 saturated heterocycles. The van der Waals surface area contributed by atoms with Gasteiger partial charge in [0, 0.05) is 43.5 Å². The molecule has 6 nitrogen and oxygen atoms in total. The van der Waals surface area contributed by atoms with Crippen LogP contribution >= 0.6 is 11.6 Å². The summed E-state index contributed by atoms with van der Waals surface area (Å²) in [6.45, 7) is 0.287. The number of hydrogen-bond donors (Lipinski definition) is 1. The highest BCUT2D eigenvalue weighted by molar-refractivity contribution is 6.30. The summed E-state index contributed by atoms with van der Waals surface area (Å²) in [7, 11) is 3.55. The molecular formula is C16H16ClN3O3. The molecule has 2 aromatic carbocycles. The van der Waals surface area contributed by atoms with Gasteiger partial charge in [-0.15, -0.1) is 0 Å². The van der Waals surface area contributed by atoms with Gasteiger partial charge in [-0.05, 0) is 23.8 Å². The number of non-ortho nitro benzene ring substituents is 1. The molecule has 0 saturated carbocycles. The molecule has 0 heterocycles. The van der Waals surface area contributed by atoms with Crippen LogP contribution in [0.1, 0.15) is 15.9 Å². The van der Waals surface area contributed by atoms with Crippen molar-refractivity contribution in [2.45, 2.75) is 6.54 Å². The second-order valence-electron chi connectivity index (χ2n) is 5.17. The van der Waals surface area contributed by atoms with Crippen LogP contribution in [0.5, 0.6) is 0 Å². The molecule has 0 aliphatic carbocycles. The van der Waals surface area contributed by atoms with Gasteiger partial charge in [0.05, 0.1) is 10.5 Å². The molecule has 0 atom stereocenters. The Labute approximate surface area is 138 Å². The predicted molar refractivity (Wildman–Crippen MR) is 90.0 cm³/mol. The highest BCUT2D eigenvalue weighted by Gasteiger charge is 2.17. The van der Waals surface area contributed by atoms with Gasteiger partial charge in [-0.3, -0.25) is 14.9 Å². The summed E-state index contributed by atoms with van der Waals surface area (Å²) >= 11 is 5.91. The van der Waals surface area contributed by atoms with E-state index in [1.807, 2.05) is 6.07 Å². The van der Waals surface area contributed by atoms with E-state index in [2.05, 4.69) is 5.32 Å². The molecule has 2 rings (SSSR count). The number of hydrogen-bond acceptors (Lipinski definition) is 4. The minimum atomic E-state index is -0.521. The van der Waals surface area contributed by atoms with E-state index in [0.29, 0.717) is 10.7 Å². The monoisotopic (exact) mass is 333 g/mol. The smallest absolute Gasteiger partial charge is 0.270 e. The fourth-order valence-corrected chi connectivity index (χ4v) is 2.35. The lowest BCUT2D eigenvalue weighted by Gasteiger charge is -2.17. The van der Waals surface area contributed by atoms with Gasteiger partial charge in [0.15, 0.2) is 0 Å². The summed E-state index contributed by atoms with van der Waals surface area (Å²) in [5.74, 6) is -0.377. The van der Waals surface area contributed by atoms with Crippen LogP contribution in [0.3, 0.4) is 0 Å². The van der Waals surface area contributed by atoms with Crippen molar-refractivity contribution < 1.29 is 9.72 Å². The number of nitro groups is 1. The fraction of sp³-hybridized carbons (Fsp3) is 0.188. The number of nitrogens with zero attached hydrogens (tertiary/aromatic N) is 2. The molecule has 1 amide bonds. The molecule has 0 unspecified atom stereocenters. The van der Waals surface area contributed by atoms with Crippen LogP contribution in [0.2, 0.25) is 5.02 Å². The zero-order valence-electron chi connectivity index (χ0n) is 12.7. The van der Waals surface area contributed by atoms with Crippen LogP contribution in [0.25, 0.3) is 0 Å².